The molecule has 0 radical (unpaired) electrons. The molecule has 1 saturated heterocycles. The zero-order valence-corrected chi connectivity index (χ0v) is 22.0. The van der Waals surface area contributed by atoms with Gasteiger partial charge >= 0.3 is 12.6 Å². The Hall–Kier alpha value is -2.25. The van der Waals surface area contributed by atoms with Crippen molar-refractivity contribution in [1.29, 1.82) is 0 Å². The van der Waals surface area contributed by atoms with Crippen LogP contribution in [0.25, 0.3) is 0 Å². The third kappa shape index (κ3) is 6.74. The van der Waals surface area contributed by atoms with Gasteiger partial charge in [-0.05, 0) is 57.7 Å². The fourth-order valence-corrected chi connectivity index (χ4v) is 5.96. The summed E-state index contributed by atoms with van der Waals surface area (Å²) in [6.45, 7) is 2.46. The Kier molecular flexibility index (Phi) is 8.99. The molecular weight excluding hydrogens is 513 g/mol. The molecule has 2 aliphatic heterocycles. The first kappa shape index (κ1) is 28.3. The number of amides is 1. The van der Waals surface area contributed by atoms with E-state index >= 15 is 0 Å². The number of allylic oxidation sites excluding steroid dienone is 1. The molecule has 0 aromatic carbocycles. The number of carbonyl (C=O) groups is 3. The summed E-state index contributed by atoms with van der Waals surface area (Å²) in [6.07, 6.45) is 0.768. The number of pyridine rings is 1. The van der Waals surface area contributed by atoms with E-state index in [9.17, 15) is 24.6 Å². The van der Waals surface area contributed by atoms with Gasteiger partial charge in [-0.1, -0.05) is 0 Å². The van der Waals surface area contributed by atoms with Crippen LogP contribution >= 0.6 is 6.64 Å². The van der Waals surface area contributed by atoms with E-state index in [0.717, 1.165) is 4.90 Å². The molecule has 1 fully saturated rings. The highest BCUT2D eigenvalue weighted by molar-refractivity contribution is 8.09. The number of hydrogen-bond acceptors (Lipinski definition) is 11. The molecule has 6 atom stereocenters. The van der Waals surface area contributed by atoms with Gasteiger partial charge in [-0.15, -0.1) is 0 Å². The number of carbonyl (C=O) groups excluding carboxylic acids is 3. The van der Waals surface area contributed by atoms with Gasteiger partial charge in [0.05, 0.1) is 25.3 Å². The van der Waals surface area contributed by atoms with Crippen LogP contribution in [0.3, 0.4) is 0 Å². The maximum absolute atomic E-state index is 12.4. The highest BCUT2D eigenvalue weighted by Crippen LogP contribution is 2.46. The maximum atomic E-state index is 12.4. The van der Waals surface area contributed by atoms with Crippen LogP contribution < -0.4 is 9.61 Å². The van der Waals surface area contributed by atoms with Crippen LogP contribution in [0.4, 0.5) is 0 Å². The Morgan fingerprint density at radius 3 is 2.75 bits per heavy atom. The second-order valence-corrected chi connectivity index (χ2v) is 12.0. The Morgan fingerprint density at radius 1 is 1.42 bits per heavy atom. The van der Waals surface area contributed by atoms with Crippen LogP contribution in [-0.4, -0.2) is 80.5 Å². The van der Waals surface area contributed by atoms with Gasteiger partial charge in [-0.25, -0.2) is 5.09 Å². The second-order valence-electron chi connectivity index (χ2n) is 8.87. The quantitative estimate of drug-likeness (QED) is 0.217. The Balaban J connectivity index is 1.76. The monoisotopic (exact) mass is 543 g/mol. The molecule has 14 heteroatoms. The summed E-state index contributed by atoms with van der Waals surface area (Å²) in [6, 6.07) is 2.34. The predicted octanol–water partition coefficient (Wildman–Crippen LogP) is 0.783. The van der Waals surface area contributed by atoms with E-state index in [-0.39, 0.29) is 30.7 Å². The minimum atomic E-state index is -3.46. The maximum Gasteiger partial charge on any atom is 0.323 e. The summed E-state index contributed by atoms with van der Waals surface area (Å²) in [5.41, 5.74) is -1.89. The number of ether oxygens (including phenoxy) is 2. The van der Waals surface area contributed by atoms with Crippen molar-refractivity contribution < 1.29 is 43.1 Å². The van der Waals surface area contributed by atoms with Crippen molar-refractivity contribution >= 4 is 36.1 Å². The summed E-state index contributed by atoms with van der Waals surface area (Å²) < 4.78 is 22.7. The predicted molar refractivity (Wildman–Crippen MR) is 130 cm³/mol. The Morgan fingerprint density at radius 2 is 2.14 bits per heavy atom. The third-order valence-electron chi connectivity index (χ3n) is 5.37. The summed E-state index contributed by atoms with van der Waals surface area (Å²) in [7, 11) is 0. The summed E-state index contributed by atoms with van der Waals surface area (Å²) in [5.74, 6) is -1.24. The van der Waals surface area contributed by atoms with Crippen LogP contribution in [0.15, 0.2) is 36.8 Å². The molecular formula is C22H30N3O9PS. The van der Waals surface area contributed by atoms with E-state index in [1.165, 1.54) is 25.4 Å². The lowest BCUT2D eigenvalue weighted by atomic mass is 9.95. The third-order valence-corrected chi connectivity index (χ3v) is 7.87. The molecule has 2 aliphatic rings. The highest BCUT2D eigenvalue weighted by Gasteiger charge is 2.55. The van der Waals surface area contributed by atoms with Crippen molar-refractivity contribution in [2.24, 2.45) is 0 Å². The molecule has 3 heterocycles. The standard InChI is InChI=1S/C22H30N3O9PS/c1-13(2)32-20(29)14(3)24-35(36,34-16-6-5-8-23-11-16)31-12-17-19(28)22(4,30)21(33-17)25-9-7-15(26)10-18(25)27/h5-9,11,13-14,17,19,21,28,30H,10,12H2,1-4H3,(H,24,36)/t14-,17+,19+,21+,22+,35?/m0/s1. The number of rotatable bonds is 10. The normalized spacial score (nSPS) is 28.8. The van der Waals surface area contributed by atoms with E-state index in [1.54, 1.807) is 39.1 Å². The van der Waals surface area contributed by atoms with E-state index in [4.69, 9.17) is 30.3 Å². The molecule has 1 unspecified atom stereocenters. The van der Waals surface area contributed by atoms with Crippen molar-refractivity contribution in [3.8, 4) is 5.75 Å². The molecule has 0 aliphatic carbocycles. The number of esters is 1. The fraction of sp³-hybridized carbons (Fsp3) is 0.545. The molecule has 3 N–H and O–H groups in total. The second kappa shape index (κ2) is 11.4. The molecule has 36 heavy (non-hydrogen) atoms. The van der Waals surface area contributed by atoms with Crippen molar-refractivity contribution in [3.05, 3.63) is 36.8 Å². The number of nitrogens with one attached hydrogen (secondary N) is 1. The molecule has 0 bridgehead atoms. The minimum absolute atomic E-state index is 0.282. The van der Waals surface area contributed by atoms with E-state index in [0.29, 0.717) is 0 Å². The first-order valence-electron chi connectivity index (χ1n) is 11.2. The van der Waals surface area contributed by atoms with Crippen LogP contribution in [0.1, 0.15) is 34.1 Å². The Bertz CT molecular complexity index is 1050. The van der Waals surface area contributed by atoms with E-state index in [2.05, 4.69) is 10.1 Å². The lowest BCUT2D eigenvalue weighted by Crippen LogP contribution is -2.54. The molecule has 0 saturated carbocycles. The van der Waals surface area contributed by atoms with Crippen molar-refractivity contribution in [2.45, 2.75) is 70.3 Å². The average molecular weight is 544 g/mol. The van der Waals surface area contributed by atoms with E-state index in [1.807, 2.05) is 0 Å². The number of nitrogens with zero attached hydrogens (tertiary/aromatic N) is 2. The molecule has 1 aromatic rings. The summed E-state index contributed by atoms with van der Waals surface area (Å²) in [4.78, 5) is 41.2. The number of ketones is 1. The van der Waals surface area contributed by atoms with E-state index < -0.39 is 48.6 Å². The largest absolute Gasteiger partial charge is 0.462 e. The van der Waals surface area contributed by atoms with Crippen LogP contribution in [-0.2, 0) is 40.2 Å². The topological polar surface area (TPSA) is 157 Å². The van der Waals surface area contributed by atoms with Crippen molar-refractivity contribution in [1.82, 2.24) is 15.0 Å². The lowest BCUT2D eigenvalue weighted by molar-refractivity contribution is -0.158. The highest BCUT2D eigenvalue weighted by atomic mass is 32.5. The van der Waals surface area contributed by atoms with Gasteiger partial charge in [-0.3, -0.25) is 24.3 Å². The molecule has 3 rings (SSSR count). The van der Waals surface area contributed by atoms with Crippen LogP contribution in [0.2, 0.25) is 0 Å². The molecule has 1 amide bonds. The number of aliphatic hydroxyl groups is 2. The van der Waals surface area contributed by atoms with Gasteiger partial charge in [0.2, 0.25) is 5.91 Å². The van der Waals surface area contributed by atoms with Gasteiger partial charge in [0.15, 0.2) is 12.0 Å². The first-order chi connectivity index (χ1) is 16.8. The van der Waals surface area contributed by atoms with Gasteiger partial charge < -0.3 is 28.7 Å². The lowest BCUT2D eigenvalue weighted by Gasteiger charge is -2.34. The van der Waals surface area contributed by atoms with Crippen LogP contribution in [0, 0.1) is 0 Å². The minimum Gasteiger partial charge on any atom is -0.462 e. The summed E-state index contributed by atoms with van der Waals surface area (Å²) in [5, 5.41) is 24.5. The van der Waals surface area contributed by atoms with Gasteiger partial charge in [0.1, 0.15) is 29.6 Å². The van der Waals surface area contributed by atoms with Crippen molar-refractivity contribution in [2.75, 3.05) is 6.61 Å². The summed E-state index contributed by atoms with van der Waals surface area (Å²) >= 11 is 5.62. The molecule has 0 spiro atoms. The van der Waals surface area contributed by atoms with Gasteiger partial charge in [0.25, 0.3) is 0 Å². The molecule has 198 valence electrons. The fourth-order valence-electron chi connectivity index (χ4n) is 3.56. The van der Waals surface area contributed by atoms with Crippen LogP contribution in [0.5, 0.6) is 5.75 Å². The van der Waals surface area contributed by atoms with Gasteiger partial charge in [-0.2, -0.15) is 0 Å². The molecule has 12 nitrogen and oxygen atoms in total. The zero-order chi connectivity index (χ0) is 26.7. The Labute approximate surface area is 213 Å². The van der Waals surface area contributed by atoms with Gasteiger partial charge in [0, 0.05) is 12.4 Å². The van der Waals surface area contributed by atoms with Crippen molar-refractivity contribution in [3.63, 3.8) is 0 Å². The SMILES string of the molecule is CC(C)OC(=O)[C@H](C)NP(=S)(OC[C@H]1O[C@@H](N2C=CC(=O)CC2=O)[C@](C)(O)[C@@H]1O)Oc1cccnc1. The average Bonchev–Trinajstić information content (AvgIpc) is 3.01. The first-order valence-corrected chi connectivity index (χ1v) is 13.9. The molecule has 1 aromatic heterocycles. The number of aliphatic hydroxyl groups excluding tert-OH is 1. The smallest absolute Gasteiger partial charge is 0.323 e. The number of hydrogen-bond donors (Lipinski definition) is 3. The number of aromatic nitrogens is 1. The zero-order valence-electron chi connectivity index (χ0n) is 20.3.